The Hall–Kier alpha value is -4.72. The summed E-state index contributed by atoms with van der Waals surface area (Å²) in [6, 6.07) is 4.17. The van der Waals surface area contributed by atoms with Crippen molar-refractivity contribution >= 4 is 29.7 Å². The Balaban J connectivity index is 1.04. The zero-order chi connectivity index (χ0) is 35.6. The molecule has 0 unspecified atom stereocenters. The number of nitrogens with one attached hydrogen (secondary N) is 2. The van der Waals surface area contributed by atoms with E-state index in [4.69, 9.17) is 0 Å². The van der Waals surface area contributed by atoms with Gasteiger partial charge in [0, 0.05) is 118 Å². The molecule has 2 aromatic heterocycles. The van der Waals surface area contributed by atoms with Crippen molar-refractivity contribution in [1.29, 1.82) is 5.41 Å². The molecule has 0 radical (unpaired) electrons. The van der Waals surface area contributed by atoms with E-state index in [1.807, 2.05) is 11.0 Å². The molecule has 270 valence electrons. The molecule has 3 aromatic rings. The third-order valence-corrected chi connectivity index (χ3v) is 10.9. The van der Waals surface area contributed by atoms with Gasteiger partial charge in [-0.1, -0.05) is 0 Å². The van der Waals surface area contributed by atoms with Crippen molar-refractivity contribution in [3.05, 3.63) is 64.9 Å². The van der Waals surface area contributed by atoms with Crippen LogP contribution < -0.4 is 15.1 Å². The fraction of sp³-hybridized carbons (Fsp3) is 0.514. The van der Waals surface area contributed by atoms with Gasteiger partial charge in [0.1, 0.15) is 5.84 Å². The number of rotatable bonds is 8. The summed E-state index contributed by atoms with van der Waals surface area (Å²) in [5.41, 5.74) is 4.87. The van der Waals surface area contributed by atoms with Crippen LogP contribution in [-0.2, 0) is 18.3 Å². The number of hydrogen-bond donors (Lipinski definition) is 2. The number of carbonyl (C=O) groups is 2. The van der Waals surface area contributed by atoms with E-state index < -0.39 is 6.43 Å². The maximum absolute atomic E-state index is 14.5. The minimum atomic E-state index is -2.68. The van der Waals surface area contributed by atoms with Crippen LogP contribution in [0, 0.1) is 5.41 Å². The van der Waals surface area contributed by atoms with Crippen molar-refractivity contribution in [2.45, 2.75) is 70.4 Å². The molecular formula is C37H46F2N10O2. The molecule has 2 N–H and O–H groups in total. The zero-order valence-electron chi connectivity index (χ0n) is 29.3. The molecule has 4 aliphatic rings. The van der Waals surface area contributed by atoms with Crippen molar-refractivity contribution in [3.8, 4) is 11.1 Å². The Kier molecular flexibility index (Phi) is 10.1. The average molecular weight is 701 g/mol. The summed E-state index contributed by atoms with van der Waals surface area (Å²) in [6.07, 6.45) is 10.9. The van der Waals surface area contributed by atoms with Crippen molar-refractivity contribution < 1.29 is 18.4 Å². The van der Waals surface area contributed by atoms with Crippen LogP contribution in [0.25, 0.3) is 11.1 Å². The molecule has 0 spiro atoms. The first kappa shape index (κ1) is 34.7. The summed E-state index contributed by atoms with van der Waals surface area (Å²) < 4.78 is 30.6. The van der Waals surface area contributed by atoms with E-state index in [1.54, 1.807) is 54.4 Å². The number of nitrogens with zero attached hydrogens (tertiary/aromatic N) is 8. The summed E-state index contributed by atoms with van der Waals surface area (Å²) in [5.74, 6) is 0.898. The largest absolute Gasteiger partial charge is 0.385 e. The number of aldehydes is 1. The monoisotopic (exact) mass is 700 g/mol. The number of piperazine rings is 1. The van der Waals surface area contributed by atoms with Crippen LogP contribution in [0.2, 0.25) is 0 Å². The maximum Gasteiger partial charge on any atom is 0.264 e. The Morgan fingerprint density at radius 2 is 1.75 bits per heavy atom. The number of carbonyl (C=O) groups excluding carboxylic acids is 2. The van der Waals surface area contributed by atoms with Gasteiger partial charge in [-0.15, -0.1) is 0 Å². The average Bonchev–Trinajstić information content (AvgIpc) is 3.60. The van der Waals surface area contributed by atoms with Gasteiger partial charge in [0.15, 0.2) is 6.29 Å². The minimum absolute atomic E-state index is 0.0374. The molecule has 51 heavy (non-hydrogen) atoms. The van der Waals surface area contributed by atoms with Gasteiger partial charge in [-0.25, -0.2) is 18.7 Å². The molecule has 1 saturated heterocycles. The normalized spacial score (nSPS) is 21.5. The molecule has 2 fully saturated rings. The van der Waals surface area contributed by atoms with Crippen LogP contribution in [0.1, 0.15) is 73.4 Å². The van der Waals surface area contributed by atoms with Gasteiger partial charge in [0.25, 0.3) is 6.43 Å². The van der Waals surface area contributed by atoms with E-state index in [0.29, 0.717) is 60.4 Å². The van der Waals surface area contributed by atoms with Crippen molar-refractivity contribution in [3.63, 3.8) is 0 Å². The van der Waals surface area contributed by atoms with E-state index in [9.17, 15) is 23.8 Å². The second kappa shape index (κ2) is 14.9. The van der Waals surface area contributed by atoms with Gasteiger partial charge in [0.2, 0.25) is 11.9 Å². The number of hydrogen-bond acceptors (Lipinski definition) is 9. The zero-order valence-corrected chi connectivity index (χ0v) is 29.3. The maximum atomic E-state index is 14.5. The highest BCUT2D eigenvalue weighted by Crippen LogP contribution is 2.40. The third-order valence-electron chi connectivity index (χ3n) is 10.9. The summed E-state index contributed by atoms with van der Waals surface area (Å²) in [4.78, 5) is 40.6. The Morgan fingerprint density at radius 3 is 2.39 bits per heavy atom. The molecular weight excluding hydrogens is 654 g/mol. The van der Waals surface area contributed by atoms with Crippen LogP contribution >= 0.6 is 0 Å². The third kappa shape index (κ3) is 7.37. The number of anilines is 2. The lowest BCUT2D eigenvalue weighted by atomic mass is 9.89. The number of benzene rings is 1. The van der Waals surface area contributed by atoms with Crippen LogP contribution in [0.5, 0.6) is 0 Å². The lowest BCUT2D eigenvalue weighted by molar-refractivity contribution is -0.128. The van der Waals surface area contributed by atoms with Crippen molar-refractivity contribution in [2.75, 3.05) is 55.6 Å². The van der Waals surface area contributed by atoms with E-state index in [0.717, 1.165) is 87.8 Å². The van der Waals surface area contributed by atoms with Crippen molar-refractivity contribution in [1.82, 2.24) is 34.9 Å². The molecule has 12 nitrogen and oxygen atoms in total. The predicted molar refractivity (Wildman–Crippen MR) is 191 cm³/mol. The van der Waals surface area contributed by atoms with Crippen LogP contribution in [-0.4, -0.2) is 105 Å². The molecule has 0 atom stereocenters. The molecule has 1 aromatic carbocycles. The van der Waals surface area contributed by atoms with Gasteiger partial charge in [-0.3, -0.25) is 24.6 Å². The first-order valence-electron chi connectivity index (χ1n) is 18.0. The molecule has 1 saturated carbocycles. The van der Waals surface area contributed by atoms with Gasteiger partial charge in [-0.05, 0) is 61.8 Å². The van der Waals surface area contributed by atoms with Crippen LogP contribution in [0.15, 0.2) is 48.2 Å². The summed E-state index contributed by atoms with van der Waals surface area (Å²) in [6.45, 7) is 6.55. The topological polar surface area (TPSA) is 127 Å². The fourth-order valence-corrected chi connectivity index (χ4v) is 8.12. The highest BCUT2D eigenvalue weighted by Gasteiger charge is 2.33. The molecule has 0 bridgehead atoms. The van der Waals surface area contributed by atoms with E-state index in [-0.39, 0.29) is 23.3 Å². The molecule has 5 heterocycles. The Bertz CT molecular complexity index is 1790. The Labute approximate surface area is 297 Å². The Morgan fingerprint density at radius 1 is 1.00 bits per heavy atom. The first-order valence-corrected chi connectivity index (χ1v) is 18.0. The summed E-state index contributed by atoms with van der Waals surface area (Å²) in [7, 11) is 1.77. The van der Waals surface area contributed by atoms with Gasteiger partial charge in [-0.2, -0.15) is 5.10 Å². The smallest absolute Gasteiger partial charge is 0.264 e. The quantitative estimate of drug-likeness (QED) is 0.197. The molecule has 1 aliphatic carbocycles. The number of aryl methyl sites for hydroxylation is 2. The standard InChI is InChI=1S/C37H46F2N10O2/c1-24(51)48-11-9-33(44-28-5-7-29(8-6-28)46-12-14-47(15-13-46)37-41-18-25(23-50)19-42-37)32(22-48)36(40)49-10-3-4-26-16-30(27-20-43-45(2)21-27)31(35(38)39)17-34(26)49/h16-21,23,28-29,35,40,44H,3-15,22H2,1-2H3. The number of alkyl halides is 2. The van der Waals surface area contributed by atoms with E-state index >= 15 is 0 Å². The lowest BCUT2D eigenvalue weighted by Gasteiger charge is -2.43. The SMILES string of the molecule is CC(=O)N1CCC(NC2CCC(N3CCN(c4ncc(C=O)cn4)CC3)CC2)=C(C(=N)N2CCCc3cc(-c4cnn(C)c4)c(C(F)F)cc32)C1. The first-order chi connectivity index (χ1) is 24.7. The predicted octanol–water partition coefficient (Wildman–Crippen LogP) is 4.59. The highest BCUT2D eigenvalue weighted by molar-refractivity contribution is 6.09. The minimum Gasteiger partial charge on any atom is -0.385 e. The summed E-state index contributed by atoms with van der Waals surface area (Å²) >= 11 is 0. The van der Waals surface area contributed by atoms with E-state index in [1.165, 1.54) is 0 Å². The number of halogens is 2. The van der Waals surface area contributed by atoms with Gasteiger partial charge < -0.3 is 20.0 Å². The number of amides is 1. The van der Waals surface area contributed by atoms with Gasteiger partial charge in [0.05, 0.1) is 18.3 Å². The van der Waals surface area contributed by atoms with Gasteiger partial charge >= 0.3 is 0 Å². The number of aromatic nitrogens is 4. The molecule has 14 heteroatoms. The molecule has 7 rings (SSSR count). The number of fused-ring (bicyclic) bond motifs is 1. The molecule has 3 aliphatic heterocycles. The lowest BCUT2D eigenvalue weighted by Crippen LogP contribution is -2.52. The molecule has 1 amide bonds. The highest BCUT2D eigenvalue weighted by atomic mass is 19.3. The summed E-state index contributed by atoms with van der Waals surface area (Å²) in [5, 5.41) is 17.5. The second-order valence-corrected chi connectivity index (χ2v) is 14.1. The fourth-order valence-electron chi connectivity index (χ4n) is 8.12. The van der Waals surface area contributed by atoms with Crippen molar-refractivity contribution in [2.24, 2.45) is 7.05 Å². The van der Waals surface area contributed by atoms with E-state index in [2.05, 4.69) is 30.2 Å². The van der Waals surface area contributed by atoms with Crippen LogP contribution in [0.3, 0.4) is 0 Å². The number of amidine groups is 1. The van der Waals surface area contributed by atoms with Crippen LogP contribution in [0.4, 0.5) is 20.4 Å². The second-order valence-electron chi connectivity index (χ2n) is 14.1.